The molecule has 154 valence electrons. The monoisotopic (exact) mass is 416 g/mol. The third kappa shape index (κ3) is 3.48. The zero-order valence-electron chi connectivity index (χ0n) is 16.5. The van der Waals surface area contributed by atoms with Crippen LogP contribution in [0.4, 0.5) is 8.78 Å². The van der Waals surface area contributed by atoms with Gasteiger partial charge in [-0.15, -0.1) is 0 Å². The number of fused-ring (bicyclic) bond motifs is 1. The molecule has 0 N–H and O–H groups in total. The van der Waals surface area contributed by atoms with Crippen LogP contribution < -0.4 is 0 Å². The lowest BCUT2D eigenvalue weighted by molar-refractivity contribution is 0.0566. The fraction of sp³-hybridized carbons (Fsp3) is 0.217. The Morgan fingerprint density at radius 1 is 1.06 bits per heavy atom. The highest BCUT2D eigenvalue weighted by atomic mass is 19.3. The van der Waals surface area contributed by atoms with Crippen LogP contribution >= 0.6 is 0 Å². The van der Waals surface area contributed by atoms with Crippen molar-refractivity contribution in [3.05, 3.63) is 67.0 Å². The fourth-order valence-corrected chi connectivity index (χ4v) is 3.99. The molecule has 4 aromatic rings. The summed E-state index contributed by atoms with van der Waals surface area (Å²) in [6.45, 7) is -2.66. The molecule has 3 heterocycles. The normalized spacial score (nSPS) is 16.5. The first kappa shape index (κ1) is 19.1. The molecule has 0 saturated carbocycles. The Labute approximate surface area is 177 Å². The zero-order valence-corrected chi connectivity index (χ0v) is 16.5. The number of halogens is 2. The average Bonchev–Trinajstić information content (AvgIpc) is 3.47. The summed E-state index contributed by atoms with van der Waals surface area (Å²) in [5.74, 6) is 0.0647. The number of aromatic nitrogens is 5. The SMILES string of the molecule is N#CC1CC=C(c2nccn3ncc(-c4ccc(-c5cnn(C(F)F)c5)cc4)c23)CC1. The van der Waals surface area contributed by atoms with Gasteiger partial charge in [-0.25, -0.2) is 9.20 Å². The maximum absolute atomic E-state index is 12.8. The van der Waals surface area contributed by atoms with Crippen molar-refractivity contribution in [3.8, 4) is 28.3 Å². The van der Waals surface area contributed by atoms with Gasteiger partial charge in [0.05, 0.1) is 35.6 Å². The smallest absolute Gasteiger partial charge is 0.253 e. The Hall–Kier alpha value is -3.86. The molecule has 1 aromatic carbocycles. The van der Waals surface area contributed by atoms with E-state index in [1.807, 2.05) is 41.2 Å². The van der Waals surface area contributed by atoms with Crippen molar-refractivity contribution in [2.75, 3.05) is 0 Å². The molecule has 0 radical (unpaired) electrons. The van der Waals surface area contributed by atoms with Crippen LogP contribution in [-0.4, -0.2) is 24.4 Å². The van der Waals surface area contributed by atoms with E-state index in [-0.39, 0.29) is 5.92 Å². The van der Waals surface area contributed by atoms with Crippen molar-refractivity contribution in [1.82, 2.24) is 24.4 Å². The van der Waals surface area contributed by atoms with E-state index in [1.165, 1.54) is 12.4 Å². The first-order valence-electron chi connectivity index (χ1n) is 9.98. The average molecular weight is 416 g/mol. The van der Waals surface area contributed by atoms with Gasteiger partial charge in [0.15, 0.2) is 0 Å². The summed E-state index contributed by atoms with van der Waals surface area (Å²) in [4.78, 5) is 4.63. The van der Waals surface area contributed by atoms with Crippen molar-refractivity contribution >= 4 is 11.1 Å². The molecule has 0 fully saturated rings. The summed E-state index contributed by atoms with van der Waals surface area (Å²) >= 11 is 0. The lowest BCUT2D eigenvalue weighted by atomic mass is 9.88. The molecule has 1 aliphatic rings. The zero-order chi connectivity index (χ0) is 21.4. The van der Waals surface area contributed by atoms with Crippen molar-refractivity contribution in [3.63, 3.8) is 0 Å². The molecular weight excluding hydrogens is 398 g/mol. The van der Waals surface area contributed by atoms with Crippen molar-refractivity contribution in [1.29, 1.82) is 5.26 Å². The number of rotatable bonds is 4. The minimum absolute atomic E-state index is 0.0647. The van der Waals surface area contributed by atoms with E-state index in [2.05, 4.69) is 27.3 Å². The minimum atomic E-state index is -2.66. The van der Waals surface area contributed by atoms with E-state index >= 15 is 0 Å². The lowest BCUT2D eigenvalue weighted by Gasteiger charge is -2.17. The second-order valence-electron chi connectivity index (χ2n) is 7.52. The molecule has 0 aliphatic heterocycles. The minimum Gasteiger partial charge on any atom is -0.253 e. The lowest BCUT2D eigenvalue weighted by Crippen LogP contribution is -2.05. The molecule has 1 aliphatic carbocycles. The molecule has 8 heteroatoms. The van der Waals surface area contributed by atoms with Crippen LogP contribution in [0.25, 0.3) is 33.3 Å². The van der Waals surface area contributed by atoms with E-state index in [4.69, 9.17) is 5.26 Å². The Bertz CT molecular complexity index is 1310. The fourth-order valence-electron chi connectivity index (χ4n) is 3.99. The van der Waals surface area contributed by atoms with Crippen molar-refractivity contribution in [2.45, 2.75) is 25.8 Å². The summed E-state index contributed by atoms with van der Waals surface area (Å²) in [5, 5.41) is 17.3. The molecule has 1 unspecified atom stereocenters. The number of hydrogen-bond acceptors (Lipinski definition) is 4. The molecule has 31 heavy (non-hydrogen) atoms. The molecule has 0 amide bonds. The van der Waals surface area contributed by atoms with E-state index in [1.54, 1.807) is 6.20 Å². The second kappa shape index (κ2) is 7.76. The predicted octanol–water partition coefficient (Wildman–Crippen LogP) is 5.36. The highest BCUT2D eigenvalue weighted by Gasteiger charge is 2.20. The van der Waals surface area contributed by atoms with Gasteiger partial charge in [-0.1, -0.05) is 30.3 Å². The summed E-state index contributed by atoms with van der Waals surface area (Å²) in [6.07, 6.45) is 12.6. The third-order valence-electron chi connectivity index (χ3n) is 5.66. The quantitative estimate of drug-likeness (QED) is 0.449. The topological polar surface area (TPSA) is 71.8 Å². The van der Waals surface area contributed by atoms with Gasteiger partial charge in [0.2, 0.25) is 0 Å². The Kier molecular flexibility index (Phi) is 4.79. The molecule has 6 nitrogen and oxygen atoms in total. The van der Waals surface area contributed by atoms with Gasteiger partial charge in [0.1, 0.15) is 0 Å². The number of benzene rings is 1. The number of hydrogen-bond donors (Lipinski definition) is 0. The third-order valence-corrected chi connectivity index (χ3v) is 5.66. The van der Waals surface area contributed by atoms with Gasteiger partial charge in [-0.3, -0.25) is 4.98 Å². The van der Waals surface area contributed by atoms with Crippen LogP contribution in [0, 0.1) is 17.2 Å². The van der Waals surface area contributed by atoms with Crippen LogP contribution in [0.15, 0.2) is 61.3 Å². The summed E-state index contributed by atoms with van der Waals surface area (Å²) in [5.41, 5.74) is 6.28. The number of nitriles is 1. The van der Waals surface area contributed by atoms with E-state index in [9.17, 15) is 8.78 Å². The Balaban J connectivity index is 1.52. The molecule has 0 spiro atoms. The summed E-state index contributed by atoms with van der Waals surface area (Å²) in [6, 6.07) is 10.0. The number of alkyl halides is 2. The standard InChI is InChI=1S/C23H18F2N6/c24-23(25)31-14-19(12-28-31)16-5-7-17(8-6-16)20-13-29-30-10-9-27-21(22(20)30)18-3-1-15(11-26)2-4-18/h3,5-10,12-15,23H,1-2,4H2. The number of nitrogens with zero attached hydrogens (tertiary/aromatic N) is 6. The summed E-state index contributed by atoms with van der Waals surface area (Å²) in [7, 11) is 0. The van der Waals surface area contributed by atoms with Crippen LogP contribution in [0.2, 0.25) is 0 Å². The van der Waals surface area contributed by atoms with Crippen molar-refractivity contribution < 1.29 is 8.78 Å². The highest BCUT2D eigenvalue weighted by Crippen LogP contribution is 2.35. The first-order valence-corrected chi connectivity index (χ1v) is 9.98. The maximum Gasteiger partial charge on any atom is 0.333 e. The Morgan fingerprint density at radius 2 is 1.87 bits per heavy atom. The summed E-state index contributed by atoms with van der Waals surface area (Å²) < 4.78 is 28.0. The molecule has 5 rings (SSSR count). The van der Waals surface area contributed by atoms with Gasteiger partial charge in [-0.05, 0) is 36.0 Å². The van der Waals surface area contributed by atoms with Crippen LogP contribution in [0.3, 0.4) is 0 Å². The highest BCUT2D eigenvalue weighted by molar-refractivity contribution is 5.89. The van der Waals surface area contributed by atoms with E-state index in [0.29, 0.717) is 10.2 Å². The van der Waals surface area contributed by atoms with Gasteiger partial charge >= 0.3 is 6.55 Å². The molecule has 0 saturated heterocycles. The van der Waals surface area contributed by atoms with Crippen LogP contribution in [0.1, 0.15) is 31.5 Å². The van der Waals surface area contributed by atoms with E-state index in [0.717, 1.165) is 52.7 Å². The first-order chi connectivity index (χ1) is 15.1. The molecular formula is C23H18F2N6. The predicted molar refractivity (Wildman–Crippen MR) is 112 cm³/mol. The second-order valence-corrected chi connectivity index (χ2v) is 7.52. The van der Waals surface area contributed by atoms with E-state index < -0.39 is 6.55 Å². The largest absolute Gasteiger partial charge is 0.333 e. The maximum atomic E-state index is 12.8. The molecule has 0 bridgehead atoms. The van der Waals surface area contributed by atoms with Gasteiger partial charge in [0.25, 0.3) is 0 Å². The van der Waals surface area contributed by atoms with Gasteiger partial charge in [0, 0.05) is 29.7 Å². The van der Waals surface area contributed by atoms with Gasteiger partial charge in [-0.2, -0.15) is 24.2 Å². The van der Waals surface area contributed by atoms with Gasteiger partial charge < -0.3 is 0 Å². The van der Waals surface area contributed by atoms with Crippen LogP contribution in [0.5, 0.6) is 0 Å². The Morgan fingerprint density at radius 3 is 2.55 bits per heavy atom. The van der Waals surface area contributed by atoms with Crippen LogP contribution in [-0.2, 0) is 0 Å². The molecule has 1 atom stereocenters. The molecule has 3 aromatic heterocycles. The number of allylic oxidation sites excluding steroid dienone is 2. The van der Waals surface area contributed by atoms with Crippen molar-refractivity contribution in [2.24, 2.45) is 5.92 Å².